The maximum Gasteiger partial charge on any atom is -0.0146 e. The number of hydrogen-bond donors (Lipinski definition) is 0. The van der Waals surface area contributed by atoms with Crippen LogP contribution in [-0.4, -0.2) is 0 Å². The fourth-order valence-electron chi connectivity index (χ4n) is 19.4. The van der Waals surface area contributed by atoms with E-state index in [0.29, 0.717) is 0 Å². The highest BCUT2D eigenvalue weighted by molar-refractivity contribution is 5.93. The van der Waals surface area contributed by atoms with Crippen LogP contribution < -0.4 is 0 Å². The van der Waals surface area contributed by atoms with Crippen molar-refractivity contribution >= 4 is 10.8 Å². The molecule has 0 nitrogen and oxygen atoms in total. The first kappa shape index (κ1) is 161. The lowest BCUT2D eigenvalue weighted by atomic mass is 9.76. The van der Waals surface area contributed by atoms with Crippen molar-refractivity contribution in [2.45, 2.75) is 609 Å². The second-order valence-corrected chi connectivity index (χ2v) is 39.5. The molecule has 10 aliphatic rings. The molecule has 0 aromatic heterocycles. The van der Waals surface area contributed by atoms with Crippen molar-refractivity contribution in [3.63, 3.8) is 0 Å². The monoisotopic (exact) mass is 1890 g/mol. The van der Waals surface area contributed by atoms with E-state index in [1.807, 2.05) is 69.2 Å². The molecule has 0 unspecified atom stereocenters. The van der Waals surface area contributed by atoms with Crippen LogP contribution >= 0.6 is 0 Å². The molecular formula is C135H264. The zero-order valence-corrected chi connectivity index (χ0v) is 94.3. The minimum absolute atomic E-state index is 0. The molecule has 135 heavy (non-hydrogen) atoms. The van der Waals surface area contributed by atoms with Crippen molar-refractivity contribution in [2.75, 3.05) is 0 Å². The molecule has 0 radical (unpaired) electrons. The van der Waals surface area contributed by atoms with E-state index in [9.17, 15) is 0 Å². The highest BCUT2D eigenvalue weighted by Gasteiger charge is 2.41. The van der Waals surface area contributed by atoms with Gasteiger partial charge in [0.1, 0.15) is 0 Å². The molecule has 0 heterocycles. The van der Waals surface area contributed by atoms with Gasteiger partial charge in [0.2, 0.25) is 0 Å². The van der Waals surface area contributed by atoms with Gasteiger partial charge in [-0.2, -0.15) is 0 Å². The third-order valence-electron chi connectivity index (χ3n) is 27.1. The smallest absolute Gasteiger partial charge is 0.0146 e. The highest BCUT2D eigenvalue weighted by atomic mass is 14.5. The maximum atomic E-state index is 2.54. The van der Waals surface area contributed by atoms with Gasteiger partial charge in [0.05, 0.1) is 0 Å². The van der Waals surface area contributed by atoms with E-state index in [1.165, 1.54) is 135 Å². The molecule has 10 aliphatic carbocycles. The number of rotatable bonds is 0. The molecule has 20 atom stereocenters. The molecule has 6 aromatic carbocycles. The summed E-state index contributed by atoms with van der Waals surface area (Å²) < 4.78 is 0. The zero-order chi connectivity index (χ0) is 97.6. The van der Waals surface area contributed by atoms with Gasteiger partial charge < -0.3 is 0 Å². The zero-order valence-electron chi connectivity index (χ0n) is 94.3. The van der Waals surface area contributed by atoms with E-state index >= 15 is 0 Å². The SMILES string of the molecule is C.C.C.C.C.C.C.C.C.C.CC.CC.CC.CC.CC.CCC.CCC.CCC.CCC.CCC.CCC.CCC.CCC.CCC.CCC.C[C@@H]1Cc2c(c3c(c4ccccc24)C[C@H](C)[C@@H]3C)[C@@H]1C.C[C@@H]1Cc2c(ccc3c2[C@H](C)[C@H](C)C3)[C@@H]1C.C[C@@H]1Cc2cc3c(cc2C[C@@H]1C)C[C@@H](C)[C@H]3C.C[C@@H]1Cc2cc3c(cc2[C@@H]1C)C[C@@H](C)[C@H]3C.C[C@@H]1Cc2ccc3c(c2[C@@H]1C)[C@@H](C)[C@@H](C)C3. The van der Waals surface area contributed by atoms with Gasteiger partial charge in [-0.05, 0) is 311 Å². The van der Waals surface area contributed by atoms with Crippen LogP contribution in [0.15, 0.2) is 72.8 Å². The molecule has 804 valence electrons. The molecular weight excluding hydrogens is 1620 g/mol. The van der Waals surface area contributed by atoms with Gasteiger partial charge in [-0.1, -0.05) is 557 Å². The lowest BCUT2D eigenvalue weighted by Crippen LogP contribution is -2.21. The third-order valence-corrected chi connectivity index (χ3v) is 27.1. The molecule has 0 spiro atoms. The molecule has 0 N–H and O–H groups in total. The summed E-state index contributed by atoms with van der Waals surface area (Å²) in [5.74, 6) is 16.0. The topological polar surface area (TPSA) is 0 Å². The van der Waals surface area contributed by atoms with Crippen LogP contribution in [0.1, 0.15) is 649 Å². The minimum Gasteiger partial charge on any atom is -0.0776 e. The van der Waals surface area contributed by atoms with Crippen molar-refractivity contribution in [2.24, 2.45) is 65.1 Å². The third kappa shape index (κ3) is 46.7. The highest BCUT2D eigenvalue weighted by Crippen LogP contribution is 2.54. The second kappa shape index (κ2) is 89.7. The first-order valence-corrected chi connectivity index (χ1v) is 54.7. The molecule has 0 saturated carbocycles. The van der Waals surface area contributed by atoms with E-state index in [0.717, 1.165) is 118 Å². The average Bonchev–Trinajstić information content (AvgIpc) is 1.56. The number of hydrogen-bond acceptors (Lipinski definition) is 0. The Bertz CT molecular complexity index is 3500. The van der Waals surface area contributed by atoms with E-state index in [1.54, 1.807) is 122 Å². The fraction of sp³-hybridized carbons (Fsp3) is 0.748. The summed E-state index contributed by atoms with van der Waals surface area (Å²) in [6.45, 7) is 111. The van der Waals surface area contributed by atoms with Crippen molar-refractivity contribution in [1.82, 2.24) is 0 Å². The summed E-state index contributed by atoms with van der Waals surface area (Å²) in [6.07, 6.45) is 26.7. The predicted molar refractivity (Wildman–Crippen MR) is 651 cm³/mol. The first-order valence-electron chi connectivity index (χ1n) is 54.7. The van der Waals surface area contributed by atoms with E-state index in [2.05, 4.69) is 350 Å². The standard InChI is InChI=1S/C20H24.C17H24.3C16H22.10C3H8.5C2H6.10CH4/c1-11-9-17-15-7-5-6-8-16(15)18-10-12(2)14(4)20(18)19(17)13(11)3;1-10-5-14-8-16-7-12(3)13(4)17(16)9-15(14)6-11(10)2;1-9-5-13-7-16-12(4)10(2)6-14(16)8-15(13)11(9)3;1-9-7-13-5-6-14-11(3)10(2)8-15(14)16(13)12(9)4;1-9-7-13-5-6-14-8-10(2)12(4)16(14)15(13)11(9)3;10*1-3-2;5*1-2;;;;;;;;;;/h5-8,11-14H,9-10H2,1-4H3;8-13H,5-7H2,1-4H3;7-12H,5-6H2,1-4H3;2*5-6,9-12H,7-8H2,1-4H3;10*3H2,1-2H3;5*1-2H3;10*1H4/t11-,12+,13-,14+;10-,11+,12+,13+;2*9-,10-,11-,12-;9-,10+,11-,12+;;;;;;;;;;;;;;;;;;;;;;;;;/m.011........................../s1. The summed E-state index contributed by atoms with van der Waals surface area (Å²) in [6, 6.07) is 28.9. The summed E-state index contributed by atoms with van der Waals surface area (Å²) in [7, 11) is 0. The van der Waals surface area contributed by atoms with Crippen molar-refractivity contribution in [3.05, 3.63) is 184 Å². The van der Waals surface area contributed by atoms with Gasteiger partial charge in [0.25, 0.3) is 0 Å². The fourth-order valence-corrected chi connectivity index (χ4v) is 19.4. The Morgan fingerprint density at radius 1 is 0.163 bits per heavy atom. The van der Waals surface area contributed by atoms with Gasteiger partial charge in [0.15, 0.2) is 0 Å². The Labute approximate surface area is 862 Å². The molecule has 0 fully saturated rings. The first-order chi connectivity index (χ1) is 59.6. The van der Waals surface area contributed by atoms with Crippen LogP contribution in [0, 0.1) is 65.1 Å². The largest absolute Gasteiger partial charge is 0.0776 e. The van der Waals surface area contributed by atoms with Gasteiger partial charge in [-0.3, -0.25) is 0 Å². The minimum atomic E-state index is 0. The lowest BCUT2D eigenvalue weighted by molar-refractivity contribution is 0.361. The molecule has 0 amide bonds. The van der Waals surface area contributed by atoms with Crippen LogP contribution in [0.5, 0.6) is 0 Å². The van der Waals surface area contributed by atoms with Gasteiger partial charge in [0, 0.05) is 0 Å². The Hall–Kier alpha value is -4.42. The Morgan fingerprint density at radius 2 is 0.333 bits per heavy atom. The van der Waals surface area contributed by atoms with E-state index < -0.39 is 0 Å². The van der Waals surface area contributed by atoms with Crippen LogP contribution in [0.4, 0.5) is 0 Å². The summed E-state index contributed by atoms with van der Waals surface area (Å²) in [5, 5.41) is 3.08. The van der Waals surface area contributed by atoms with Crippen molar-refractivity contribution in [3.8, 4) is 0 Å². The number of benzene rings is 6. The summed E-state index contributed by atoms with van der Waals surface area (Å²) in [5.41, 5.74) is 33.4. The second-order valence-electron chi connectivity index (χ2n) is 39.5. The van der Waals surface area contributed by atoms with E-state index in [-0.39, 0.29) is 74.3 Å². The summed E-state index contributed by atoms with van der Waals surface area (Å²) in [4.78, 5) is 0. The maximum absolute atomic E-state index is 2.54. The Balaban J connectivity index is -0.000000101. The predicted octanol–water partition coefficient (Wildman–Crippen LogP) is 48.3. The Morgan fingerprint density at radius 3 is 0.607 bits per heavy atom. The molecule has 6 aromatic rings. The Kier molecular flexibility index (Phi) is 107. The van der Waals surface area contributed by atoms with Gasteiger partial charge in [-0.15, -0.1) is 0 Å². The normalized spacial score (nSPS) is 23.6. The number of fused-ring (bicyclic) bond motifs is 16. The molecule has 0 bridgehead atoms. The van der Waals surface area contributed by atoms with Crippen LogP contribution in [0.3, 0.4) is 0 Å². The van der Waals surface area contributed by atoms with Crippen LogP contribution in [0.25, 0.3) is 10.8 Å². The average molecular weight is 1890 g/mol. The molecule has 0 aliphatic heterocycles. The van der Waals surface area contributed by atoms with Crippen LogP contribution in [0.2, 0.25) is 0 Å². The van der Waals surface area contributed by atoms with Crippen molar-refractivity contribution in [1.29, 1.82) is 0 Å². The van der Waals surface area contributed by atoms with Crippen molar-refractivity contribution < 1.29 is 0 Å². The van der Waals surface area contributed by atoms with Crippen LogP contribution in [-0.2, 0) is 70.6 Å². The van der Waals surface area contributed by atoms with E-state index in [4.69, 9.17) is 0 Å². The molecule has 0 saturated heterocycles. The summed E-state index contributed by atoms with van der Waals surface area (Å²) >= 11 is 0. The quantitative estimate of drug-likeness (QED) is 0.142. The molecule has 0 heteroatoms. The van der Waals surface area contributed by atoms with Gasteiger partial charge >= 0.3 is 0 Å². The lowest BCUT2D eigenvalue weighted by Gasteiger charge is -2.29. The van der Waals surface area contributed by atoms with Gasteiger partial charge in [-0.25, -0.2) is 0 Å². The molecule has 16 rings (SSSR count).